The molecule has 1 atom stereocenters. The Labute approximate surface area is 203 Å². The molecule has 4 heterocycles. The number of fused-ring (bicyclic) bond motifs is 4. The van der Waals surface area contributed by atoms with Crippen LogP contribution in [0, 0.1) is 0 Å². The number of hydrogen-bond donors (Lipinski definition) is 2. The third-order valence-electron chi connectivity index (χ3n) is 8.12. The number of aliphatic hydroxyl groups excluding tert-OH is 1. The van der Waals surface area contributed by atoms with Crippen LogP contribution in [-0.4, -0.2) is 58.4 Å². The Kier molecular flexibility index (Phi) is 5.38. The number of ether oxygens (including phenoxy) is 1. The number of piperidine rings is 2. The zero-order chi connectivity index (χ0) is 24.2. The van der Waals surface area contributed by atoms with Crippen molar-refractivity contribution in [3.8, 4) is 5.75 Å². The predicted octanol–water partition coefficient (Wildman–Crippen LogP) is 1.87. The third-order valence-corrected chi connectivity index (χ3v) is 8.12. The van der Waals surface area contributed by atoms with Gasteiger partial charge in [-0.15, -0.1) is 0 Å². The highest BCUT2D eigenvalue weighted by Gasteiger charge is 2.47. The minimum absolute atomic E-state index is 0.0544. The molecule has 1 spiro atoms. The number of imide groups is 1. The quantitative estimate of drug-likeness (QED) is 0.655. The summed E-state index contributed by atoms with van der Waals surface area (Å²) in [5.74, 6) is -0.0288. The molecule has 6 rings (SSSR count). The van der Waals surface area contributed by atoms with Crippen molar-refractivity contribution >= 4 is 17.7 Å². The zero-order valence-corrected chi connectivity index (χ0v) is 19.6. The number of aliphatic hydroxyl groups is 1. The van der Waals surface area contributed by atoms with Crippen molar-refractivity contribution < 1.29 is 24.2 Å². The summed E-state index contributed by atoms with van der Waals surface area (Å²) in [5.41, 5.74) is 4.74. The molecule has 2 N–H and O–H groups in total. The van der Waals surface area contributed by atoms with Crippen LogP contribution < -0.4 is 10.1 Å². The van der Waals surface area contributed by atoms with Gasteiger partial charge in [0.2, 0.25) is 11.8 Å². The molecule has 0 saturated carbocycles. The first-order valence-corrected chi connectivity index (χ1v) is 12.3. The lowest BCUT2D eigenvalue weighted by molar-refractivity contribution is -0.136. The second-order valence-corrected chi connectivity index (χ2v) is 10.2. The first kappa shape index (κ1) is 22.2. The molecule has 182 valence electrons. The van der Waals surface area contributed by atoms with E-state index in [4.69, 9.17) is 4.74 Å². The fraction of sp³-hybridized carbons (Fsp3) is 0.444. The first-order chi connectivity index (χ1) is 17.0. The van der Waals surface area contributed by atoms with Crippen molar-refractivity contribution in [2.24, 2.45) is 0 Å². The number of nitrogens with zero attached hydrogens (tertiary/aromatic N) is 2. The molecule has 0 bridgehead atoms. The van der Waals surface area contributed by atoms with E-state index in [1.807, 2.05) is 24.3 Å². The molecule has 4 aliphatic rings. The average Bonchev–Trinajstić information content (AvgIpc) is 3.39. The Morgan fingerprint density at radius 2 is 1.89 bits per heavy atom. The fourth-order valence-electron chi connectivity index (χ4n) is 6.12. The van der Waals surface area contributed by atoms with Crippen molar-refractivity contribution in [1.29, 1.82) is 0 Å². The summed E-state index contributed by atoms with van der Waals surface area (Å²) in [6.45, 7) is 3.76. The van der Waals surface area contributed by atoms with Crippen LogP contribution in [0.1, 0.15) is 58.3 Å². The van der Waals surface area contributed by atoms with Gasteiger partial charge in [0, 0.05) is 35.1 Å². The highest BCUT2D eigenvalue weighted by atomic mass is 16.5. The van der Waals surface area contributed by atoms with Crippen molar-refractivity contribution in [3.05, 3.63) is 64.2 Å². The maximum atomic E-state index is 13.1. The number of amides is 3. The van der Waals surface area contributed by atoms with Gasteiger partial charge in [-0.25, -0.2) is 0 Å². The molecule has 1 unspecified atom stereocenters. The smallest absolute Gasteiger partial charge is 0.255 e. The fourth-order valence-corrected chi connectivity index (χ4v) is 6.12. The Morgan fingerprint density at radius 3 is 2.66 bits per heavy atom. The summed E-state index contributed by atoms with van der Waals surface area (Å²) in [6, 6.07) is 11.4. The number of benzene rings is 2. The number of rotatable bonds is 4. The van der Waals surface area contributed by atoms with Crippen molar-refractivity contribution in [1.82, 2.24) is 15.1 Å². The van der Waals surface area contributed by atoms with Crippen molar-refractivity contribution in [2.45, 2.75) is 56.8 Å². The van der Waals surface area contributed by atoms with Crippen LogP contribution >= 0.6 is 0 Å². The van der Waals surface area contributed by atoms with Gasteiger partial charge < -0.3 is 14.7 Å². The molecule has 35 heavy (non-hydrogen) atoms. The lowest BCUT2D eigenvalue weighted by atomic mass is 9.74. The summed E-state index contributed by atoms with van der Waals surface area (Å²) >= 11 is 0. The van der Waals surface area contributed by atoms with Crippen LogP contribution in [-0.2, 0) is 34.7 Å². The normalized spacial score (nSPS) is 23.3. The maximum absolute atomic E-state index is 13.1. The second kappa shape index (κ2) is 8.46. The molecule has 2 saturated heterocycles. The standard InChI is InChI=1S/C27H29N3O5/c31-15-18-3-1-2-17(12-18)13-29-10-8-27(9-11-29)16-35-24-20-14-30(22-6-7-23(32)28-25(22)33)26(34)19(20)4-5-21(24)27/h1-5,12,22,31H,6-11,13-16H2,(H,28,32,33). The minimum atomic E-state index is -0.619. The predicted molar refractivity (Wildman–Crippen MR) is 127 cm³/mol. The third kappa shape index (κ3) is 3.72. The lowest BCUT2D eigenvalue weighted by Crippen LogP contribution is -2.52. The van der Waals surface area contributed by atoms with E-state index in [1.54, 1.807) is 4.90 Å². The van der Waals surface area contributed by atoms with Crippen LogP contribution in [0.2, 0.25) is 0 Å². The van der Waals surface area contributed by atoms with E-state index in [-0.39, 0.29) is 30.3 Å². The molecular weight excluding hydrogens is 446 g/mol. The number of carbonyl (C=O) groups is 3. The highest BCUT2D eigenvalue weighted by Crippen LogP contribution is 2.49. The van der Waals surface area contributed by atoms with Crippen LogP contribution in [0.5, 0.6) is 5.75 Å². The van der Waals surface area contributed by atoms with Gasteiger partial charge in [-0.1, -0.05) is 30.3 Å². The zero-order valence-electron chi connectivity index (χ0n) is 19.6. The van der Waals surface area contributed by atoms with Crippen LogP contribution in [0.4, 0.5) is 0 Å². The topological polar surface area (TPSA) is 99.2 Å². The number of carbonyl (C=O) groups excluding carboxylic acids is 3. The largest absolute Gasteiger partial charge is 0.492 e. The molecule has 2 aromatic carbocycles. The van der Waals surface area contributed by atoms with E-state index >= 15 is 0 Å². The van der Waals surface area contributed by atoms with E-state index in [0.717, 1.165) is 49.4 Å². The Morgan fingerprint density at radius 1 is 1.09 bits per heavy atom. The van der Waals surface area contributed by atoms with Gasteiger partial charge in [0.25, 0.3) is 5.91 Å². The van der Waals surface area contributed by atoms with Gasteiger partial charge in [-0.2, -0.15) is 0 Å². The van der Waals surface area contributed by atoms with Gasteiger partial charge >= 0.3 is 0 Å². The Hall–Kier alpha value is -3.23. The maximum Gasteiger partial charge on any atom is 0.255 e. The summed E-state index contributed by atoms with van der Waals surface area (Å²) in [4.78, 5) is 41.1. The monoisotopic (exact) mass is 475 g/mol. The molecule has 4 aliphatic heterocycles. The molecular formula is C27H29N3O5. The molecule has 0 aliphatic carbocycles. The van der Waals surface area contributed by atoms with Gasteiger partial charge in [-0.3, -0.25) is 24.6 Å². The van der Waals surface area contributed by atoms with Gasteiger partial charge in [0.05, 0.1) is 19.8 Å². The van der Waals surface area contributed by atoms with Gasteiger partial charge in [-0.05, 0) is 49.5 Å². The van der Waals surface area contributed by atoms with E-state index in [0.29, 0.717) is 25.1 Å². The Balaban J connectivity index is 1.18. The van der Waals surface area contributed by atoms with E-state index < -0.39 is 11.9 Å². The summed E-state index contributed by atoms with van der Waals surface area (Å²) in [6.07, 6.45) is 2.55. The van der Waals surface area contributed by atoms with Crippen LogP contribution in [0.3, 0.4) is 0 Å². The Bertz CT molecular complexity index is 1220. The molecule has 8 nitrogen and oxygen atoms in total. The van der Waals surface area contributed by atoms with Gasteiger partial charge in [0.1, 0.15) is 11.8 Å². The lowest BCUT2D eigenvalue weighted by Gasteiger charge is -2.38. The van der Waals surface area contributed by atoms with E-state index in [2.05, 4.69) is 22.3 Å². The SMILES string of the molecule is O=C1CCC(N2Cc3c(ccc4c3OCC43CCN(Cc4cccc(CO)c4)CC3)C2=O)C(=O)N1. The molecule has 8 heteroatoms. The number of likely N-dealkylation sites (tertiary alicyclic amines) is 1. The van der Waals surface area contributed by atoms with E-state index in [1.165, 1.54) is 11.1 Å². The minimum Gasteiger partial charge on any atom is -0.492 e. The average molecular weight is 476 g/mol. The summed E-state index contributed by atoms with van der Waals surface area (Å²) in [7, 11) is 0. The molecule has 3 amide bonds. The molecule has 0 radical (unpaired) electrons. The molecule has 2 aromatic rings. The van der Waals surface area contributed by atoms with Crippen molar-refractivity contribution in [2.75, 3.05) is 19.7 Å². The molecule has 0 aromatic heterocycles. The number of nitrogens with one attached hydrogen (secondary N) is 1. The van der Waals surface area contributed by atoms with Crippen LogP contribution in [0.15, 0.2) is 36.4 Å². The van der Waals surface area contributed by atoms with Crippen molar-refractivity contribution in [3.63, 3.8) is 0 Å². The first-order valence-electron chi connectivity index (χ1n) is 12.3. The summed E-state index contributed by atoms with van der Waals surface area (Å²) in [5, 5.41) is 11.8. The summed E-state index contributed by atoms with van der Waals surface area (Å²) < 4.78 is 6.27. The molecule has 2 fully saturated rings. The van der Waals surface area contributed by atoms with Crippen LogP contribution in [0.25, 0.3) is 0 Å². The van der Waals surface area contributed by atoms with Gasteiger partial charge in [0.15, 0.2) is 0 Å². The highest BCUT2D eigenvalue weighted by molar-refractivity contribution is 6.05. The second-order valence-electron chi connectivity index (χ2n) is 10.2. The van der Waals surface area contributed by atoms with E-state index in [9.17, 15) is 19.5 Å². The number of hydrogen-bond acceptors (Lipinski definition) is 6.